The molecule has 1 saturated heterocycles. The zero-order valence-corrected chi connectivity index (χ0v) is 21.6. The second kappa shape index (κ2) is 10.3. The number of amides is 1. The Labute approximate surface area is 228 Å². The molecule has 1 atom stereocenters. The van der Waals surface area contributed by atoms with Gasteiger partial charge in [0.1, 0.15) is 24.0 Å². The molecular weight excluding hydrogens is 563 g/mol. The summed E-state index contributed by atoms with van der Waals surface area (Å²) in [6.07, 6.45) is 4.98. The highest BCUT2D eigenvalue weighted by Gasteiger charge is 2.31. The number of nitro groups is 1. The van der Waals surface area contributed by atoms with Crippen LogP contribution in [0.5, 0.6) is 5.75 Å². The molecule has 1 unspecified atom stereocenters. The van der Waals surface area contributed by atoms with E-state index in [0.717, 1.165) is 0 Å². The van der Waals surface area contributed by atoms with Gasteiger partial charge in [-0.25, -0.2) is 13.6 Å². The zero-order valence-electron chi connectivity index (χ0n) is 20.1. The Hall–Kier alpha value is -3.97. The van der Waals surface area contributed by atoms with E-state index in [4.69, 9.17) is 37.5 Å². The van der Waals surface area contributed by atoms with Crippen LogP contribution in [0, 0.1) is 21.7 Å². The van der Waals surface area contributed by atoms with E-state index in [2.05, 4.69) is 10.1 Å². The Morgan fingerprint density at radius 3 is 2.54 bits per heavy atom. The molecular formula is C24H19Cl2F2N5O6. The normalized spacial score (nSPS) is 15.1. The minimum Gasteiger partial charge on any atom is -0.475 e. The molecule has 11 nitrogen and oxygen atoms in total. The summed E-state index contributed by atoms with van der Waals surface area (Å²) in [5, 5.41) is 24.7. The van der Waals surface area contributed by atoms with Gasteiger partial charge in [0.25, 0.3) is 5.75 Å². The lowest BCUT2D eigenvalue weighted by Gasteiger charge is -2.30. The number of piperidine rings is 1. The lowest BCUT2D eigenvalue weighted by Crippen LogP contribution is -2.38. The van der Waals surface area contributed by atoms with Gasteiger partial charge >= 0.3 is 11.9 Å². The second-order valence-corrected chi connectivity index (χ2v) is 9.67. The maximum atomic E-state index is 14.1. The molecule has 1 aromatic carbocycles. The predicted octanol–water partition coefficient (Wildman–Crippen LogP) is 6.64. The SMILES string of the molecule is CC(Oc1c([N+](=O)[O-])ncc2c(-c3cnn(C4CCN(C(=O)O)CC4)c3)coc12)c1c(Cl)c(F)cc(F)c1Cl. The van der Waals surface area contributed by atoms with Crippen molar-refractivity contribution in [2.45, 2.75) is 31.9 Å². The third kappa shape index (κ3) is 4.83. The summed E-state index contributed by atoms with van der Waals surface area (Å²) >= 11 is 12.0. The van der Waals surface area contributed by atoms with Gasteiger partial charge in [0.15, 0.2) is 11.8 Å². The van der Waals surface area contributed by atoms with E-state index in [0.29, 0.717) is 48.5 Å². The Kier molecular flexibility index (Phi) is 7.03. The first-order valence-corrected chi connectivity index (χ1v) is 12.4. The van der Waals surface area contributed by atoms with Crippen LogP contribution in [0.15, 0.2) is 35.3 Å². The molecule has 0 spiro atoms. The Morgan fingerprint density at radius 2 is 1.92 bits per heavy atom. The second-order valence-electron chi connectivity index (χ2n) is 8.91. The van der Waals surface area contributed by atoms with E-state index in [1.807, 2.05) is 0 Å². The van der Waals surface area contributed by atoms with Crippen LogP contribution < -0.4 is 4.74 Å². The van der Waals surface area contributed by atoms with Gasteiger partial charge in [-0.3, -0.25) is 4.68 Å². The van der Waals surface area contributed by atoms with Crippen LogP contribution in [0.2, 0.25) is 10.0 Å². The summed E-state index contributed by atoms with van der Waals surface area (Å²) in [4.78, 5) is 27.4. The quantitative estimate of drug-likeness (QED) is 0.152. The molecule has 0 radical (unpaired) electrons. The number of furan rings is 1. The summed E-state index contributed by atoms with van der Waals surface area (Å²) in [5.74, 6) is -3.19. The highest BCUT2D eigenvalue weighted by molar-refractivity contribution is 6.36. The summed E-state index contributed by atoms with van der Waals surface area (Å²) in [7, 11) is 0. The molecule has 0 bridgehead atoms. The van der Waals surface area contributed by atoms with Gasteiger partial charge in [-0.2, -0.15) is 5.10 Å². The highest BCUT2D eigenvalue weighted by Crippen LogP contribution is 2.43. The van der Waals surface area contributed by atoms with Gasteiger partial charge in [0.05, 0.1) is 27.7 Å². The molecule has 4 heterocycles. The number of aromatic nitrogens is 3. The summed E-state index contributed by atoms with van der Waals surface area (Å²) in [5.41, 5.74) is 0.892. The van der Waals surface area contributed by atoms with E-state index in [-0.39, 0.29) is 22.9 Å². The summed E-state index contributed by atoms with van der Waals surface area (Å²) in [6.45, 7) is 2.15. The van der Waals surface area contributed by atoms with E-state index < -0.39 is 44.6 Å². The van der Waals surface area contributed by atoms with Crippen molar-refractivity contribution < 1.29 is 32.8 Å². The lowest BCUT2D eigenvalue weighted by atomic mass is 10.1. The van der Waals surface area contributed by atoms with Crippen molar-refractivity contribution in [1.29, 1.82) is 0 Å². The molecule has 0 saturated carbocycles. The standard InChI is InChI=1S/C24H19Cl2F2N5O6/c1-11(18-19(25)16(27)6-17(28)20(18)26)39-22-21-14(8-29-23(22)33(36)37)15(10-38-21)12-7-30-32(9-12)13-2-4-31(5-3-13)24(34)35/h6-11,13H,2-5H2,1H3,(H,34,35). The van der Waals surface area contributed by atoms with E-state index in [1.54, 1.807) is 17.1 Å². The predicted molar refractivity (Wildman–Crippen MR) is 135 cm³/mol. The van der Waals surface area contributed by atoms with Gasteiger partial charge in [-0.15, -0.1) is 0 Å². The summed E-state index contributed by atoms with van der Waals surface area (Å²) in [6, 6.07) is 0.521. The maximum Gasteiger partial charge on any atom is 0.410 e. The number of halogens is 4. The third-order valence-corrected chi connectivity index (χ3v) is 7.36. The average Bonchev–Trinajstić information content (AvgIpc) is 3.55. The molecule has 1 amide bonds. The first-order chi connectivity index (χ1) is 18.6. The van der Waals surface area contributed by atoms with Gasteiger partial charge in [-0.05, 0) is 29.7 Å². The monoisotopic (exact) mass is 581 g/mol. The van der Waals surface area contributed by atoms with Crippen LogP contribution >= 0.6 is 23.2 Å². The fourth-order valence-electron chi connectivity index (χ4n) is 4.60. The smallest absolute Gasteiger partial charge is 0.410 e. The number of hydrogen-bond acceptors (Lipinski definition) is 7. The number of pyridine rings is 1. The topological polar surface area (TPSA) is 137 Å². The first kappa shape index (κ1) is 26.6. The van der Waals surface area contributed by atoms with Crippen LogP contribution in [0.25, 0.3) is 22.1 Å². The number of nitrogens with zero attached hydrogens (tertiary/aromatic N) is 5. The van der Waals surface area contributed by atoms with Gasteiger partial charge in [-0.1, -0.05) is 23.2 Å². The van der Waals surface area contributed by atoms with Crippen molar-refractivity contribution >= 4 is 46.1 Å². The minimum absolute atomic E-state index is 0.00682. The van der Waals surface area contributed by atoms with Crippen LogP contribution in [-0.4, -0.2) is 48.9 Å². The molecule has 3 aromatic heterocycles. The lowest BCUT2D eigenvalue weighted by molar-refractivity contribution is -0.390. The van der Waals surface area contributed by atoms with Crippen LogP contribution in [0.3, 0.4) is 0 Å². The molecule has 15 heteroatoms. The fourth-order valence-corrected chi connectivity index (χ4v) is 5.25. The number of ether oxygens (including phenoxy) is 1. The Morgan fingerprint density at radius 1 is 1.26 bits per heavy atom. The largest absolute Gasteiger partial charge is 0.475 e. The van der Waals surface area contributed by atoms with Crippen molar-refractivity contribution in [3.8, 4) is 16.9 Å². The minimum atomic E-state index is -1.23. The zero-order chi connectivity index (χ0) is 28.0. The van der Waals surface area contributed by atoms with Gasteiger partial charge < -0.3 is 29.3 Å². The first-order valence-electron chi connectivity index (χ1n) is 11.6. The molecule has 39 heavy (non-hydrogen) atoms. The number of hydrogen-bond donors (Lipinski definition) is 1. The number of likely N-dealkylation sites (tertiary alicyclic amines) is 1. The van der Waals surface area contributed by atoms with Crippen molar-refractivity contribution in [3.63, 3.8) is 0 Å². The van der Waals surface area contributed by atoms with Crippen molar-refractivity contribution in [3.05, 3.63) is 68.3 Å². The number of carbonyl (C=O) groups is 1. The molecule has 1 fully saturated rings. The molecule has 0 aliphatic carbocycles. The Balaban J connectivity index is 1.49. The highest BCUT2D eigenvalue weighted by atomic mass is 35.5. The molecule has 1 aliphatic heterocycles. The van der Waals surface area contributed by atoms with Crippen LogP contribution in [0.4, 0.5) is 19.4 Å². The average molecular weight is 582 g/mol. The number of carboxylic acid groups (broad SMARTS) is 1. The number of fused-ring (bicyclic) bond motifs is 1. The Bertz CT molecular complexity index is 1580. The number of rotatable bonds is 6. The molecule has 5 rings (SSSR count). The molecule has 1 aliphatic rings. The van der Waals surface area contributed by atoms with Gasteiger partial charge in [0.2, 0.25) is 0 Å². The van der Waals surface area contributed by atoms with E-state index in [9.17, 15) is 23.7 Å². The molecule has 4 aromatic rings. The van der Waals surface area contributed by atoms with Crippen molar-refractivity contribution in [2.24, 2.45) is 0 Å². The van der Waals surface area contributed by atoms with Crippen molar-refractivity contribution in [1.82, 2.24) is 19.7 Å². The summed E-state index contributed by atoms with van der Waals surface area (Å²) < 4.78 is 41.4. The molecule has 204 valence electrons. The van der Waals surface area contributed by atoms with E-state index >= 15 is 0 Å². The van der Waals surface area contributed by atoms with Crippen molar-refractivity contribution in [2.75, 3.05) is 13.1 Å². The van der Waals surface area contributed by atoms with Gasteiger partial charge in [0, 0.05) is 42.0 Å². The number of benzene rings is 1. The fraction of sp³-hybridized carbons (Fsp3) is 0.292. The van der Waals surface area contributed by atoms with Crippen LogP contribution in [0.1, 0.15) is 37.5 Å². The third-order valence-electron chi connectivity index (χ3n) is 6.60. The maximum absolute atomic E-state index is 14.1. The van der Waals surface area contributed by atoms with Crippen LogP contribution in [-0.2, 0) is 0 Å². The van der Waals surface area contributed by atoms with E-state index in [1.165, 1.54) is 24.3 Å². The molecule has 1 N–H and O–H groups in total.